The zero-order valence-electron chi connectivity index (χ0n) is 8.99. The van der Waals surface area contributed by atoms with Gasteiger partial charge in [0.2, 0.25) is 0 Å². The fourth-order valence-electron chi connectivity index (χ4n) is 1.20. The van der Waals surface area contributed by atoms with E-state index in [-0.39, 0.29) is 0 Å². The van der Waals surface area contributed by atoms with E-state index in [4.69, 9.17) is 0 Å². The molecule has 0 saturated carbocycles. The Hall–Kier alpha value is -0.860. The molecule has 0 N–H and O–H groups in total. The maximum atomic E-state index is 4.17. The lowest BCUT2D eigenvalue weighted by Crippen LogP contribution is -2.02. The van der Waals surface area contributed by atoms with Gasteiger partial charge in [0.1, 0.15) is 0 Å². The molecule has 13 heavy (non-hydrogen) atoms. The van der Waals surface area contributed by atoms with E-state index in [1.165, 1.54) is 0 Å². The summed E-state index contributed by atoms with van der Waals surface area (Å²) in [4.78, 5) is 0. The molecule has 0 saturated heterocycles. The summed E-state index contributed by atoms with van der Waals surface area (Å²) in [5, 5.41) is 8.25. The highest BCUT2D eigenvalue weighted by Gasteiger charge is 2.13. The summed E-state index contributed by atoms with van der Waals surface area (Å²) >= 11 is 0. The molecule has 0 aliphatic rings. The van der Waals surface area contributed by atoms with Crippen molar-refractivity contribution in [2.45, 2.75) is 46.6 Å². The lowest BCUT2D eigenvalue weighted by Gasteiger charge is -2.10. The first-order valence-electron chi connectivity index (χ1n) is 5.05. The molecule has 1 aromatic rings. The minimum Gasteiger partial charge on any atom is -0.252 e. The Morgan fingerprint density at radius 2 is 2.08 bits per heavy atom. The van der Waals surface area contributed by atoms with Crippen molar-refractivity contribution < 1.29 is 0 Å². The van der Waals surface area contributed by atoms with Gasteiger partial charge in [-0.25, -0.2) is 0 Å². The second kappa shape index (κ2) is 4.40. The van der Waals surface area contributed by atoms with Crippen LogP contribution in [0.5, 0.6) is 0 Å². The maximum absolute atomic E-state index is 4.17. The molecular weight excluding hydrogens is 162 g/mol. The Bertz CT molecular complexity index is 252. The molecule has 0 bridgehead atoms. The van der Waals surface area contributed by atoms with Gasteiger partial charge in [-0.3, -0.25) is 4.68 Å². The Kier molecular flexibility index (Phi) is 3.46. The predicted molar refractivity (Wildman–Crippen MR) is 53.6 cm³/mol. The second-order valence-electron chi connectivity index (χ2n) is 3.94. The third-order valence-electron chi connectivity index (χ3n) is 2.48. The number of nitrogens with zero attached hydrogens (tertiary/aromatic N) is 3. The molecule has 1 unspecified atom stereocenters. The molecule has 1 aromatic heterocycles. The van der Waals surface area contributed by atoms with Crippen LogP contribution in [0.25, 0.3) is 0 Å². The highest BCUT2D eigenvalue weighted by Crippen LogP contribution is 2.20. The number of hydrogen-bond acceptors (Lipinski definition) is 2. The second-order valence-corrected chi connectivity index (χ2v) is 3.94. The molecule has 0 fully saturated rings. The average molecular weight is 181 g/mol. The fourth-order valence-corrected chi connectivity index (χ4v) is 1.20. The van der Waals surface area contributed by atoms with Gasteiger partial charge in [0, 0.05) is 18.7 Å². The van der Waals surface area contributed by atoms with Gasteiger partial charge in [0.15, 0.2) is 0 Å². The molecule has 74 valence electrons. The Morgan fingerprint density at radius 1 is 1.38 bits per heavy atom. The van der Waals surface area contributed by atoms with E-state index >= 15 is 0 Å². The summed E-state index contributed by atoms with van der Waals surface area (Å²) in [5.74, 6) is 1.14. The van der Waals surface area contributed by atoms with Crippen LogP contribution in [0.2, 0.25) is 0 Å². The highest BCUT2D eigenvalue weighted by molar-refractivity contribution is 5.01. The van der Waals surface area contributed by atoms with Crippen LogP contribution in [-0.2, 0) is 6.54 Å². The van der Waals surface area contributed by atoms with Crippen LogP contribution in [-0.4, -0.2) is 15.0 Å². The Morgan fingerprint density at radius 3 is 2.62 bits per heavy atom. The molecule has 0 aliphatic heterocycles. The molecule has 0 aliphatic carbocycles. The third-order valence-corrected chi connectivity index (χ3v) is 2.48. The van der Waals surface area contributed by atoms with Crippen molar-refractivity contribution in [3.8, 4) is 0 Å². The first kappa shape index (κ1) is 10.2. The summed E-state index contributed by atoms with van der Waals surface area (Å²) in [6.07, 6.45) is 3.17. The van der Waals surface area contributed by atoms with E-state index in [2.05, 4.69) is 44.2 Å². The van der Waals surface area contributed by atoms with Gasteiger partial charge in [-0.2, -0.15) is 0 Å². The van der Waals surface area contributed by atoms with Crippen molar-refractivity contribution >= 4 is 0 Å². The van der Waals surface area contributed by atoms with Crippen molar-refractivity contribution in [1.82, 2.24) is 15.0 Å². The zero-order valence-corrected chi connectivity index (χ0v) is 8.99. The van der Waals surface area contributed by atoms with Gasteiger partial charge < -0.3 is 0 Å². The summed E-state index contributed by atoms with van der Waals surface area (Å²) in [6.45, 7) is 9.74. The lowest BCUT2D eigenvalue weighted by atomic mass is 9.95. The fraction of sp³-hybridized carbons (Fsp3) is 0.800. The van der Waals surface area contributed by atoms with Gasteiger partial charge in [0.25, 0.3) is 0 Å². The molecule has 3 heteroatoms. The molecule has 0 spiro atoms. The highest BCUT2D eigenvalue weighted by atomic mass is 15.4. The van der Waals surface area contributed by atoms with E-state index < -0.39 is 0 Å². The largest absolute Gasteiger partial charge is 0.252 e. The SMILES string of the molecule is CCCn1cc(C(C)C(C)C)nn1. The first-order valence-corrected chi connectivity index (χ1v) is 5.05. The first-order chi connectivity index (χ1) is 6.15. The van der Waals surface area contributed by atoms with E-state index in [1.54, 1.807) is 0 Å². The van der Waals surface area contributed by atoms with Gasteiger partial charge in [-0.05, 0) is 12.3 Å². The summed E-state index contributed by atoms with van der Waals surface area (Å²) < 4.78 is 1.92. The zero-order chi connectivity index (χ0) is 9.84. The monoisotopic (exact) mass is 181 g/mol. The van der Waals surface area contributed by atoms with E-state index in [0.29, 0.717) is 11.8 Å². The van der Waals surface area contributed by atoms with Crippen LogP contribution in [0.15, 0.2) is 6.20 Å². The minimum absolute atomic E-state index is 0.505. The number of aryl methyl sites for hydroxylation is 1. The Balaban J connectivity index is 2.67. The molecular formula is C10H19N3. The van der Waals surface area contributed by atoms with Gasteiger partial charge in [-0.15, -0.1) is 5.10 Å². The smallest absolute Gasteiger partial charge is 0.0857 e. The molecule has 3 nitrogen and oxygen atoms in total. The standard InChI is InChI=1S/C10H19N3/c1-5-6-13-7-10(11-12-13)9(4)8(2)3/h7-9H,5-6H2,1-4H3. The molecule has 1 rings (SSSR count). The quantitative estimate of drug-likeness (QED) is 0.714. The molecule has 1 heterocycles. The van der Waals surface area contributed by atoms with Crippen LogP contribution in [0, 0.1) is 5.92 Å². The summed E-state index contributed by atoms with van der Waals surface area (Å²) in [7, 11) is 0. The van der Waals surface area contributed by atoms with Crippen LogP contribution in [0.3, 0.4) is 0 Å². The maximum Gasteiger partial charge on any atom is 0.0857 e. The van der Waals surface area contributed by atoms with Crippen LogP contribution in [0.1, 0.15) is 45.7 Å². The number of rotatable bonds is 4. The van der Waals surface area contributed by atoms with Crippen LogP contribution in [0.4, 0.5) is 0 Å². The van der Waals surface area contributed by atoms with Crippen molar-refractivity contribution in [2.24, 2.45) is 5.92 Å². The molecule has 0 amide bonds. The van der Waals surface area contributed by atoms with Gasteiger partial charge in [0.05, 0.1) is 5.69 Å². The minimum atomic E-state index is 0.505. The van der Waals surface area contributed by atoms with Crippen molar-refractivity contribution in [2.75, 3.05) is 0 Å². The average Bonchev–Trinajstić information content (AvgIpc) is 2.52. The van der Waals surface area contributed by atoms with E-state index in [9.17, 15) is 0 Å². The predicted octanol–water partition coefficient (Wildman–Crippen LogP) is 2.45. The normalized spacial score (nSPS) is 13.6. The number of hydrogen-bond donors (Lipinski definition) is 0. The van der Waals surface area contributed by atoms with Gasteiger partial charge in [-0.1, -0.05) is 32.9 Å². The third kappa shape index (κ3) is 2.54. The van der Waals surface area contributed by atoms with Crippen molar-refractivity contribution in [3.05, 3.63) is 11.9 Å². The molecule has 1 atom stereocenters. The topological polar surface area (TPSA) is 30.7 Å². The van der Waals surface area contributed by atoms with Crippen LogP contribution >= 0.6 is 0 Å². The lowest BCUT2D eigenvalue weighted by molar-refractivity contribution is 0.522. The van der Waals surface area contributed by atoms with Gasteiger partial charge >= 0.3 is 0 Å². The van der Waals surface area contributed by atoms with Crippen molar-refractivity contribution in [3.63, 3.8) is 0 Å². The van der Waals surface area contributed by atoms with Crippen LogP contribution < -0.4 is 0 Å². The summed E-state index contributed by atoms with van der Waals surface area (Å²) in [6, 6.07) is 0. The summed E-state index contributed by atoms with van der Waals surface area (Å²) in [5.41, 5.74) is 1.11. The molecule has 0 radical (unpaired) electrons. The number of aromatic nitrogens is 3. The molecule has 0 aromatic carbocycles. The van der Waals surface area contributed by atoms with E-state index in [1.807, 2.05) is 4.68 Å². The van der Waals surface area contributed by atoms with E-state index in [0.717, 1.165) is 18.7 Å². The van der Waals surface area contributed by atoms with Crippen molar-refractivity contribution in [1.29, 1.82) is 0 Å². The Labute approximate surface area is 80.1 Å².